The van der Waals surface area contributed by atoms with Crippen LogP contribution in [0.1, 0.15) is 36.6 Å². The van der Waals surface area contributed by atoms with Crippen molar-refractivity contribution in [2.45, 2.75) is 38.0 Å². The lowest BCUT2D eigenvalue weighted by atomic mass is 9.70. The van der Waals surface area contributed by atoms with Crippen LogP contribution in [0.2, 0.25) is 0 Å². The Kier molecular flexibility index (Phi) is 2.95. The van der Waals surface area contributed by atoms with Gasteiger partial charge in [0.2, 0.25) is 0 Å². The molecule has 3 nitrogen and oxygen atoms in total. The van der Waals surface area contributed by atoms with Gasteiger partial charge in [-0.05, 0) is 34.9 Å². The molecule has 2 atom stereocenters. The van der Waals surface area contributed by atoms with Crippen molar-refractivity contribution >= 4 is 5.69 Å². The maximum Gasteiger partial charge on any atom is 0.119 e. The van der Waals surface area contributed by atoms with E-state index >= 15 is 0 Å². The van der Waals surface area contributed by atoms with E-state index in [1.807, 2.05) is 6.07 Å². The second kappa shape index (κ2) is 4.75. The summed E-state index contributed by atoms with van der Waals surface area (Å²) in [6.07, 6.45) is 0.113. The first kappa shape index (κ1) is 13.6. The molecule has 2 aliphatic heterocycles. The van der Waals surface area contributed by atoms with Crippen LogP contribution >= 0.6 is 0 Å². The minimum atomic E-state index is -0.0761. The number of fused-ring (bicyclic) bond motifs is 4. The van der Waals surface area contributed by atoms with Crippen LogP contribution in [0.5, 0.6) is 5.75 Å². The summed E-state index contributed by atoms with van der Waals surface area (Å²) < 4.78 is 11.6. The van der Waals surface area contributed by atoms with Crippen LogP contribution in [0.4, 0.5) is 5.69 Å². The molecule has 2 aromatic rings. The molecule has 2 aromatic carbocycles. The molecule has 4 rings (SSSR count). The molecule has 0 radical (unpaired) electrons. The van der Waals surface area contributed by atoms with Crippen molar-refractivity contribution in [2.75, 3.05) is 12.4 Å². The number of ether oxygens (including phenoxy) is 2. The Morgan fingerprint density at radius 2 is 2.00 bits per heavy atom. The van der Waals surface area contributed by atoms with E-state index in [4.69, 9.17) is 9.47 Å². The molecule has 22 heavy (non-hydrogen) atoms. The summed E-state index contributed by atoms with van der Waals surface area (Å²) in [7, 11) is 1.71. The fourth-order valence-corrected chi connectivity index (χ4v) is 3.82. The molecule has 0 bridgehead atoms. The number of rotatable bonds is 1. The van der Waals surface area contributed by atoms with Gasteiger partial charge in [-0.2, -0.15) is 0 Å². The number of anilines is 1. The number of benzene rings is 2. The van der Waals surface area contributed by atoms with E-state index in [0.29, 0.717) is 6.61 Å². The summed E-state index contributed by atoms with van der Waals surface area (Å²) in [6, 6.07) is 15.0. The normalized spacial score (nSPS) is 24.5. The molecule has 0 unspecified atom stereocenters. The molecule has 2 heterocycles. The van der Waals surface area contributed by atoms with Gasteiger partial charge in [-0.1, -0.05) is 38.1 Å². The van der Waals surface area contributed by atoms with Gasteiger partial charge < -0.3 is 14.8 Å². The van der Waals surface area contributed by atoms with Gasteiger partial charge in [0.25, 0.3) is 0 Å². The Balaban J connectivity index is 1.85. The van der Waals surface area contributed by atoms with Crippen LogP contribution < -0.4 is 10.1 Å². The third-order valence-electron chi connectivity index (χ3n) is 5.05. The summed E-state index contributed by atoms with van der Waals surface area (Å²) in [5.74, 6) is 0.892. The molecule has 0 amide bonds. The third-order valence-corrected chi connectivity index (χ3v) is 5.05. The first-order valence-corrected chi connectivity index (χ1v) is 7.76. The fraction of sp³-hybridized carbons (Fsp3) is 0.368. The number of hydrogen-bond donors (Lipinski definition) is 1. The molecule has 0 spiro atoms. The first-order chi connectivity index (χ1) is 10.6. The van der Waals surface area contributed by atoms with Crippen molar-refractivity contribution in [1.82, 2.24) is 0 Å². The molecule has 3 heteroatoms. The zero-order valence-electron chi connectivity index (χ0n) is 13.2. The van der Waals surface area contributed by atoms with Crippen LogP contribution in [0.3, 0.4) is 0 Å². The van der Waals surface area contributed by atoms with Gasteiger partial charge in [0.1, 0.15) is 5.75 Å². The van der Waals surface area contributed by atoms with Crippen LogP contribution in [-0.4, -0.2) is 13.2 Å². The Labute approximate surface area is 131 Å². The van der Waals surface area contributed by atoms with E-state index in [9.17, 15) is 0 Å². The topological polar surface area (TPSA) is 30.5 Å². The Morgan fingerprint density at radius 1 is 1.18 bits per heavy atom. The van der Waals surface area contributed by atoms with Gasteiger partial charge in [0, 0.05) is 11.1 Å². The third kappa shape index (κ3) is 1.85. The van der Waals surface area contributed by atoms with Crippen molar-refractivity contribution in [3.8, 4) is 5.75 Å². The molecular formula is C19H21NO2. The predicted molar refractivity (Wildman–Crippen MR) is 87.4 cm³/mol. The summed E-state index contributed by atoms with van der Waals surface area (Å²) in [4.78, 5) is 0. The zero-order valence-corrected chi connectivity index (χ0v) is 13.2. The standard InChI is InChI=1S/C19H21NO2/c1-19(2)15-10-13(21-3)8-9-16(15)20-17-14-7-5-4-6-12(14)11-22-18(17)19/h4-10,17-18,20H,11H2,1-3H3/t17-,18-/m0/s1. The van der Waals surface area contributed by atoms with Crippen LogP contribution in [0, 0.1) is 0 Å². The Hall–Kier alpha value is -2.00. The van der Waals surface area contributed by atoms with E-state index < -0.39 is 0 Å². The molecule has 0 fully saturated rings. The summed E-state index contributed by atoms with van der Waals surface area (Å²) >= 11 is 0. The highest BCUT2D eigenvalue weighted by molar-refractivity contribution is 5.62. The fourth-order valence-electron chi connectivity index (χ4n) is 3.82. The molecule has 1 N–H and O–H groups in total. The van der Waals surface area contributed by atoms with Crippen molar-refractivity contribution in [3.05, 3.63) is 59.2 Å². The van der Waals surface area contributed by atoms with E-state index in [2.05, 4.69) is 55.6 Å². The summed E-state index contributed by atoms with van der Waals surface area (Å²) in [5, 5.41) is 3.68. The lowest BCUT2D eigenvalue weighted by Gasteiger charge is -2.48. The lowest BCUT2D eigenvalue weighted by molar-refractivity contribution is -0.0324. The molecule has 0 aromatic heterocycles. The smallest absolute Gasteiger partial charge is 0.119 e. The van der Waals surface area contributed by atoms with Crippen molar-refractivity contribution in [2.24, 2.45) is 0 Å². The average molecular weight is 295 g/mol. The van der Waals surface area contributed by atoms with Crippen LogP contribution in [-0.2, 0) is 16.8 Å². The van der Waals surface area contributed by atoms with Crippen LogP contribution in [0.15, 0.2) is 42.5 Å². The van der Waals surface area contributed by atoms with E-state index in [1.54, 1.807) is 7.11 Å². The zero-order chi connectivity index (χ0) is 15.3. The highest BCUT2D eigenvalue weighted by Gasteiger charge is 2.46. The average Bonchev–Trinajstić information content (AvgIpc) is 2.54. The van der Waals surface area contributed by atoms with Crippen molar-refractivity contribution in [3.63, 3.8) is 0 Å². The van der Waals surface area contributed by atoms with E-state index in [-0.39, 0.29) is 17.6 Å². The van der Waals surface area contributed by atoms with E-state index in [0.717, 1.165) is 5.75 Å². The number of methoxy groups -OCH3 is 1. The van der Waals surface area contributed by atoms with Gasteiger partial charge in [-0.15, -0.1) is 0 Å². The second-order valence-corrected chi connectivity index (χ2v) is 6.69. The molecule has 2 aliphatic rings. The van der Waals surface area contributed by atoms with E-state index in [1.165, 1.54) is 22.4 Å². The van der Waals surface area contributed by atoms with Gasteiger partial charge in [-0.3, -0.25) is 0 Å². The summed E-state index contributed by atoms with van der Waals surface area (Å²) in [5.41, 5.74) is 4.99. The van der Waals surface area contributed by atoms with Crippen LogP contribution in [0.25, 0.3) is 0 Å². The highest BCUT2D eigenvalue weighted by Crippen LogP contribution is 2.49. The lowest BCUT2D eigenvalue weighted by Crippen LogP contribution is -2.49. The SMILES string of the molecule is COc1ccc2c(c1)C(C)(C)[C@H]1OCc3ccccc3[C@@H]1N2. The van der Waals surface area contributed by atoms with Gasteiger partial charge in [-0.25, -0.2) is 0 Å². The molecule has 0 saturated carbocycles. The van der Waals surface area contributed by atoms with Crippen molar-refractivity contribution in [1.29, 1.82) is 0 Å². The Morgan fingerprint density at radius 3 is 2.82 bits per heavy atom. The van der Waals surface area contributed by atoms with Crippen molar-refractivity contribution < 1.29 is 9.47 Å². The van der Waals surface area contributed by atoms with Gasteiger partial charge in [0.05, 0.1) is 25.9 Å². The number of nitrogens with one attached hydrogen (secondary N) is 1. The second-order valence-electron chi connectivity index (χ2n) is 6.69. The largest absolute Gasteiger partial charge is 0.497 e. The maximum absolute atomic E-state index is 6.25. The molecule has 0 aliphatic carbocycles. The minimum Gasteiger partial charge on any atom is -0.497 e. The quantitative estimate of drug-likeness (QED) is 0.861. The van der Waals surface area contributed by atoms with Gasteiger partial charge in [0.15, 0.2) is 0 Å². The predicted octanol–water partition coefficient (Wildman–Crippen LogP) is 4.04. The molecular weight excluding hydrogens is 274 g/mol. The number of hydrogen-bond acceptors (Lipinski definition) is 3. The Bertz CT molecular complexity index is 723. The molecule has 114 valence electrons. The minimum absolute atomic E-state index is 0.0761. The van der Waals surface area contributed by atoms with Gasteiger partial charge >= 0.3 is 0 Å². The molecule has 0 saturated heterocycles. The summed E-state index contributed by atoms with van der Waals surface area (Å²) in [6.45, 7) is 5.21. The first-order valence-electron chi connectivity index (χ1n) is 7.76. The monoisotopic (exact) mass is 295 g/mol. The highest BCUT2D eigenvalue weighted by atomic mass is 16.5. The maximum atomic E-state index is 6.25.